The van der Waals surface area contributed by atoms with E-state index in [4.69, 9.17) is 0 Å². The van der Waals surface area contributed by atoms with Crippen molar-refractivity contribution in [3.63, 3.8) is 0 Å². The molecule has 0 spiro atoms. The van der Waals surface area contributed by atoms with Gasteiger partial charge in [-0.15, -0.1) is 11.3 Å². The molecule has 0 aliphatic carbocycles. The van der Waals surface area contributed by atoms with Gasteiger partial charge in [0.15, 0.2) is 4.80 Å². The van der Waals surface area contributed by atoms with Crippen LogP contribution >= 0.6 is 11.3 Å². The molecule has 0 fully saturated rings. The van der Waals surface area contributed by atoms with E-state index in [1.807, 2.05) is 47.3 Å². The number of carbonyl (C=O) groups is 1. The van der Waals surface area contributed by atoms with Crippen LogP contribution < -0.4 is 4.80 Å². The molecule has 1 amide bonds. The topological polar surface area (TPSA) is 77.5 Å². The third kappa shape index (κ3) is 4.31. The predicted molar refractivity (Wildman–Crippen MR) is 100.0 cm³/mol. The smallest absolute Gasteiger partial charge is 0.273 e. The lowest BCUT2D eigenvalue weighted by atomic mass is 10.1. The van der Waals surface area contributed by atoms with Gasteiger partial charge in [-0.1, -0.05) is 48.0 Å². The zero-order valence-electron chi connectivity index (χ0n) is 14.2. The van der Waals surface area contributed by atoms with E-state index in [-0.39, 0.29) is 12.1 Å². The summed E-state index contributed by atoms with van der Waals surface area (Å²) in [5.74, 6) is -0.403. The SMILES string of the molecule is Cc1ccc(Cn2ccsc2=NC(=O)Cc2ccccc2[N+](=O)[O-])cc1. The van der Waals surface area contributed by atoms with E-state index in [0.717, 1.165) is 5.56 Å². The number of amides is 1. The number of nitro benzene ring substituents is 1. The van der Waals surface area contributed by atoms with Gasteiger partial charge < -0.3 is 4.57 Å². The van der Waals surface area contributed by atoms with Crippen molar-refractivity contribution in [2.75, 3.05) is 0 Å². The normalized spacial score (nSPS) is 11.5. The number of benzene rings is 2. The van der Waals surface area contributed by atoms with Gasteiger partial charge in [-0.05, 0) is 12.5 Å². The maximum atomic E-state index is 12.3. The minimum atomic E-state index is -0.481. The van der Waals surface area contributed by atoms with Crippen molar-refractivity contribution in [2.24, 2.45) is 4.99 Å². The molecule has 0 unspecified atom stereocenters. The lowest BCUT2D eigenvalue weighted by Gasteiger charge is -2.04. The molecule has 0 N–H and O–H groups in total. The third-order valence-corrected chi connectivity index (χ3v) is 4.68. The van der Waals surface area contributed by atoms with Crippen LogP contribution in [0.2, 0.25) is 0 Å². The number of thiazole rings is 1. The Morgan fingerprint density at radius 1 is 1.19 bits per heavy atom. The Bertz CT molecular complexity index is 1000. The fraction of sp³-hybridized carbons (Fsp3) is 0.158. The van der Waals surface area contributed by atoms with Crippen LogP contribution in [-0.4, -0.2) is 15.4 Å². The first-order valence-corrected chi connectivity index (χ1v) is 8.90. The molecule has 3 aromatic rings. The Morgan fingerprint density at radius 3 is 2.65 bits per heavy atom. The van der Waals surface area contributed by atoms with Crippen molar-refractivity contribution in [3.8, 4) is 0 Å². The first kappa shape index (κ1) is 17.8. The summed E-state index contributed by atoms with van der Waals surface area (Å²) in [5, 5.41) is 12.9. The molecule has 2 aromatic carbocycles. The summed E-state index contributed by atoms with van der Waals surface area (Å²) in [6.45, 7) is 2.64. The molecule has 1 heterocycles. The maximum absolute atomic E-state index is 12.3. The van der Waals surface area contributed by atoms with Crippen LogP contribution in [0.3, 0.4) is 0 Å². The summed E-state index contributed by atoms with van der Waals surface area (Å²) in [5.41, 5.74) is 2.61. The van der Waals surface area contributed by atoms with E-state index in [2.05, 4.69) is 4.99 Å². The van der Waals surface area contributed by atoms with Crippen molar-refractivity contribution in [1.29, 1.82) is 0 Å². The number of nitro groups is 1. The Hall–Kier alpha value is -3.06. The summed E-state index contributed by atoms with van der Waals surface area (Å²) >= 11 is 1.36. The Labute approximate surface area is 154 Å². The summed E-state index contributed by atoms with van der Waals surface area (Å²) in [6, 6.07) is 14.4. The van der Waals surface area contributed by atoms with Crippen molar-refractivity contribution in [3.05, 3.63) is 91.7 Å². The van der Waals surface area contributed by atoms with Crippen LogP contribution in [0.5, 0.6) is 0 Å². The van der Waals surface area contributed by atoms with Crippen LogP contribution in [0.15, 0.2) is 65.1 Å². The van der Waals surface area contributed by atoms with Crippen molar-refractivity contribution < 1.29 is 9.72 Å². The molecular weight excluding hydrogens is 350 g/mol. The number of hydrogen-bond acceptors (Lipinski definition) is 4. The predicted octanol–water partition coefficient (Wildman–Crippen LogP) is 3.48. The van der Waals surface area contributed by atoms with E-state index >= 15 is 0 Å². The summed E-state index contributed by atoms with van der Waals surface area (Å²) < 4.78 is 1.90. The highest BCUT2D eigenvalue weighted by Crippen LogP contribution is 2.18. The standard InChI is InChI=1S/C19H17N3O3S/c1-14-6-8-15(9-7-14)13-21-10-11-26-19(21)20-18(23)12-16-4-2-3-5-17(16)22(24)25/h2-11H,12-13H2,1H3. The van der Waals surface area contributed by atoms with Gasteiger partial charge >= 0.3 is 0 Å². The minimum absolute atomic E-state index is 0.0604. The van der Waals surface area contributed by atoms with Gasteiger partial charge in [-0.25, -0.2) is 0 Å². The number of rotatable bonds is 5. The summed E-state index contributed by atoms with van der Waals surface area (Å²) in [6.07, 6.45) is 1.78. The summed E-state index contributed by atoms with van der Waals surface area (Å²) in [4.78, 5) is 27.6. The average molecular weight is 367 g/mol. The lowest BCUT2D eigenvalue weighted by Crippen LogP contribution is -2.17. The van der Waals surface area contributed by atoms with Crippen molar-refractivity contribution in [2.45, 2.75) is 19.9 Å². The number of carbonyl (C=O) groups excluding carboxylic acids is 1. The fourth-order valence-electron chi connectivity index (χ4n) is 2.54. The van der Waals surface area contributed by atoms with E-state index in [1.165, 1.54) is 23.0 Å². The molecule has 0 bridgehead atoms. The number of para-hydroxylation sites is 1. The Kier molecular flexibility index (Phi) is 5.38. The largest absolute Gasteiger partial charge is 0.319 e. The molecule has 0 saturated carbocycles. The van der Waals surface area contributed by atoms with Crippen molar-refractivity contribution in [1.82, 2.24) is 4.57 Å². The second-order valence-electron chi connectivity index (χ2n) is 5.87. The monoisotopic (exact) mass is 367 g/mol. The van der Waals surface area contributed by atoms with Gasteiger partial charge in [0.25, 0.3) is 11.6 Å². The molecular formula is C19H17N3O3S. The minimum Gasteiger partial charge on any atom is -0.319 e. The van der Waals surface area contributed by atoms with E-state index in [1.54, 1.807) is 18.2 Å². The molecule has 0 aliphatic rings. The zero-order valence-corrected chi connectivity index (χ0v) is 15.0. The number of aryl methyl sites for hydroxylation is 1. The van der Waals surface area contributed by atoms with Crippen molar-refractivity contribution >= 4 is 22.9 Å². The van der Waals surface area contributed by atoms with E-state index in [0.29, 0.717) is 16.9 Å². The molecule has 132 valence electrons. The highest BCUT2D eigenvalue weighted by molar-refractivity contribution is 7.07. The van der Waals surface area contributed by atoms with E-state index < -0.39 is 10.8 Å². The molecule has 0 atom stereocenters. The molecule has 1 aromatic heterocycles. The molecule has 0 radical (unpaired) electrons. The highest BCUT2D eigenvalue weighted by Gasteiger charge is 2.15. The van der Waals surface area contributed by atoms with Crippen LogP contribution in [0.25, 0.3) is 0 Å². The van der Waals surface area contributed by atoms with Crippen LogP contribution in [0, 0.1) is 17.0 Å². The number of hydrogen-bond donors (Lipinski definition) is 0. The van der Waals surface area contributed by atoms with Gasteiger partial charge in [0.05, 0.1) is 11.3 Å². The molecule has 3 rings (SSSR count). The van der Waals surface area contributed by atoms with E-state index in [9.17, 15) is 14.9 Å². The van der Waals surface area contributed by atoms with Crippen LogP contribution in [0.1, 0.15) is 16.7 Å². The van der Waals surface area contributed by atoms with Gasteiger partial charge in [0.2, 0.25) is 0 Å². The molecule has 7 heteroatoms. The molecule has 26 heavy (non-hydrogen) atoms. The highest BCUT2D eigenvalue weighted by atomic mass is 32.1. The second-order valence-corrected chi connectivity index (χ2v) is 6.74. The van der Waals surface area contributed by atoms with Gasteiger partial charge in [-0.3, -0.25) is 14.9 Å². The van der Waals surface area contributed by atoms with Gasteiger partial charge in [0.1, 0.15) is 0 Å². The first-order chi connectivity index (χ1) is 12.5. The van der Waals surface area contributed by atoms with Gasteiger partial charge in [-0.2, -0.15) is 4.99 Å². The quantitative estimate of drug-likeness (QED) is 0.512. The number of nitrogens with zero attached hydrogens (tertiary/aromatic N) is 3. The maximum Gasteiger partial charge on any atom is 0.273 e. The van der Waals surface area contributed by atoms with Gasteiger partial charge in [0, 0.05) is 29.8 Å². The fourth-order valence-corrected chi connectivity index (χ4v) is 3.29. The first-order valence-electron chi connectivity index (χ1n) is 8.02. The van der Waals surface area contributed by atoms with Crippen LogP contribution in [-0.2, 0) is 17.8 Å². The average Bonchev–Trinajstić information content (AvgIpc) is 3.04. The summed E-state index contributed by atoms with van der Waals surface area (Å²) in [7, 11) is 0. The second kappa shape index (κ2) is 7.88. The zero-order chi connectivity index (χ0) is 18.5. The third-order valence-electron chi connectivity index (χ3n) is 3.88. The molecule has 0 aliphatic heterocycles. The Morgan fingerprint density at radius 2 is 1.92 bits per heavy atom. The van der Waals surface area contributed by atoms with Crippen LogP contribution in [0.4, 0.5) is 5.69 Å². The lowest BCUT2D eigenvalue weighted by molar-refractivity contribution is -0.385. The Balaban J connectivity index is 1.81. The number of aromatic nitrogens is 1. The molecule has 6 nitrogen and oxygen atoms in total. The molecule has 0 saturated heterocycles.